The number of aliphatic hydroxyl groups excluding tert-OH is 1. The lowest BCUT2D eigenvalue weighted by atomic mass is 10.3. The lowest BCUT2D eigenvalue weighted by Crippen LogP contribution is -2.33. The second-order valence-corrected chi connectivity index (χ2v) is 5.20. The summed E-state index contributed by atoms with van der Waals surface area (Å²) in [6, 6.07) is 5.36. The topological polar surface area (TPSA) is 57.6 Å². The molecule has 0 aliphatic carbocycles. The average molecular weight is 247 g/mol. The third kappa shape index (κ3) is 2.93. The lowest BCUT2D eigenvalue weighted by Gasteiger charge is -2.22. The van der Waals surface area contributed by atoms with Crippen LogP contribution < -0.4 is 4.31 Å². The second-order valence-electron chi connectivity index (χ2n) is 3.18. The van der Waals surface area contributed by atoms with Crippen molar-refractivity contribution in [3.63, 3.8) is 0 Å². The highest BCUT2D eigenvalue weighted by molar-refractivity contribution is 7.92. The van der Waals surface area contributed by atoms with Crippen LogP contribution in [-0.2, 0) is 10.0 Å². The molecule has 0 spiro atoms. The van der Waals surface area contributed by atoms with Gasteiger partial charge in [-0.3, -0.25) is 4.31 Å². The predicted octanol–water partition coefficient (Wildman–Crippen LogP) is 0.974. The summed E-state index contributed by atoms with van der Waals surface area (Å²) in [5.41, 5.74) is 0.274. The normalized spacial score (nSPS) is 11.4. The summed E-state index contributed by atoms with van der Waals surface area (Å²) in [6.07, 6.45) is 0. The minimum atomic E-state index is -3.58. The van der Waals surface area contributed by atoms with Crippen molar-refractivity contribution in [3.8, 4) is 0 Å². The van der Waals surface area contributed by atoms with E-state index in [0.717, 1.165) is 10.4 Å². The molecule has 0 unspecified atom stereocenters. The number of hydrogen-bond acceptors (Lipinski definition) is 3. The zero-order valence-corrected chi connectivity index (χ0v) is 9.74. The monoisotopic (exact) mass is 247 g/mol. The van der Waals surface area contributed by atoms with Gasteiger partial charge in [0.15, 0.2) is 0 Å². The van der Waals surface area contributed by atoms with Crippen molar-refractivity contribution >= 4 is 15.7 Å². The Labute approximate surface area is 94.4 Å². The van der Waals surface area contributed by atoms with Crippen molar-refractivity contribution in [1.29, 1.82) is 0 Å². The standard InChI is InChI=1S/C10H14FNO3S/c1-2-12(16(14,15)7-6-13)10-5-3-4-9(11)8-10/h3-5,8,13H,2,6-7H2,1H3. The van der Waals surface area contributed by atoms with E-state index in [1.54, 1.807) is 6.92 Å². The Kier molecular flexibility index (Phi) is 4.26. The molecule has 0 aromatic heterocycles. The molecule has 0 saturated carbocycles. The van der Waals surface area contributed by atoms with Gasteiger partial charge >= 0.3 is 0 Å². The summed E-state index contributed by atoms with van der Waals surface area (Å²) in [7, 11) is -3.58. The molecule has 0 saturated heterocycles. The highest BCUT2D eigenvalue weighted by Gasteiger charge is 2.20. The molecule has 0 heterocycles. The minimum Gasteiger partial charge on any atom is -0.395 e. The van der Waals surface area contributed by atoms with Crippen molar-refractivity contribution < 1.29 is 17.9 Å². The number of sulfonamides is 1. The zero-order chi connectivity index (χ0) is 12.2. The predicted molar refractivity (Wildman–Crippen MR) is 60.3 cm³/mol. The van der Waals surface area contributed by atoms with Crippen LogP contribution in [0.1, 0.15) is 6.92 Å². The van der Waals surface area contributed by atoms with Crippen LogP contribution in [0, 0.1) is 5.82 Å². The third-order valence-electron chi connectivity index (χ3n) is 2.07. The molecule has 0 atom stereocenters. The summed E-state index contributed by atoms with van der Waals surface area (Å²) < 4.78 is 37.5. The van der Waals surface area contributed by atoms with Gasteiger partial charge in [-0.25, -0.2) is 12.8 Å². The smallest absolute Gasteiger partial charge is 0.237 e. The van der Waals surface area contributed by atoms with Crippen molar-refractivity contribution in [2.24, 2.45) is 0 Å². The van der Waals surface area contributed by atoms with Gasteiger partial charge in [-0.05, 0) is 25.1 Å². The molecule has 0 aliphatic rings. The highest BCUT2D eigenvalue weighted by Crippen LogP contribution is 2.18. The number of benzene rings is 1. The van der Waals surface area contributed by atoms with Crippen molar-refractivity contribution in [3.05, 3.63) is 30.1 Å². The van der Waals surface area contributed by atoms with E-state index in [2.05, 4.69) is 0 Å². The molecule has 0 bridgehead atoms. The van der Waals surface area contributed by atoms with Crippen LogP contribution in [-0.4, -0.2) is 32.4 Å². The van der Waals surface area contributed by atoms with E-state index in [0.29, 0.717) is 0 Å². The maximum atomic E-state index is 13.0. The summed E-state index contributed by atoms with van der Waals surface area (Å²) in [5, 5.41) is 8.67. The fourth-order valence-electron chi connectivity index (χ4n) is 1.40. The highest BCUT2D eigenvalue weighted by atomic mass is 32.2. The molecule has 4 nitrogen and oxygen atoms in total. The first kappa shape index (κ1) is 12.9. The van der Waals surface area contributed by atoms with Gasteiger partial charge in [0.2, 0.25) is 10.0 Å². The number of halogens is 1. The maximum Gasteiger partial charge on any atom is 0.237 e. The zero-order valence-electron chi connectivity index (χ0n) is 8.93. The number of aliphatic hydroxyl groups is 1. The molecule has 90 valence electrons. The second kappa shape index (κ2) is 5.27. The van der Waals surface area contributed by atoms with Crippen molar-refractivity contribution in [2.45, 2.75) is 6.92 Å². The van der Waals surface area contributed by atoms with Crippen LogP contribution in [0.3, 0.4) is 0 Å². The average Bonchev–Trinajstić information content (AvgIpc) is 2.18. The van der Waals surface area contributed by atoms with Gasteiger partial charge in [0.1, 0.15) is 5.82 Å². The molecule has 6 heteroatoms. The summed E-state index contributed by atoms with van der Waals surface area (Å²) in [4.78, 5) is 0. The summed E-state index contributed by atoms with van der Waals surface area (Å²) in [5.74, 6) is -0.854. The Morgan fingerprint density at radius 2 is 2.12 bits per heavy atom. The fourth-order valence-corrected chi connectivity index (χ4v) is 2.68. The quantitative estimate of drug-likeness (QED) is 0.843. The molecule has 1 N–H and O–H groups in total. The number of hydrogen-bond donors (Lipinski definition) is 1. The van der Waals surface area contributed by atoms with E-state index < -0.39 is 22.4 Å². The molecule has 16 heavy (non-hydrogen) atoms. The van der Waals surface area contributed by atoms with Crippen LogP contribution in [0.5, 0.6) is 0 Å². The number of nitrogens with zero attached hydrogens (tertiary/aromatic N) is 1. The van der Waals surface area contributed by atoms with Crippen LogP contribution in [0.15, 0.2) is 24.3 Å². The van der Waals surface area contributed by atoms with Gasteiger partial charge in [-0.1, -0.05) is 6.07 Å². The van der Waals surface area contributed by atoms with Gasteiger partial charge in [-0.15, -0.1) is 0 Å². The van der Waals surface area contributed by atoms with E-state index in [1.165, 1.54) is 18.2 Å². The Hall–Kier alpha value is -1.14. The van der Waals surface area contributed by atoms with Gasteiger partial charge in [0, 0.05) is 6.54 Å². The first-order valence-electron chi connectivity index (χ1n) is 4.88. The molecular weight excluding hydrogens is 233 g/mol. The van der Waals surface area contributed by atoms with E-state index in [-0.39, 0.29) is 18.0 Å². The third-order valence-corrected chi connectivity index (χ3v) is 3.91. The van der Waals surface area contributed by atoms with Crippen LogP contribution >= 0.6 is 0 Å². The fraction of sp³-hybridized carbons (Fsp3) is 0.400. The van der Waals surface area contributed by atoms with E-state index in [4.69, 9.17) is 5.11 Å². The Balaban J connectivity index is 3.08. The number of rotatable bonds is 5. The molecule has 0 aliphatic heterocycles. The first-order chi connectivity index (χ1) is 7.51. The Morgan fingerprint density at radius 3 is 2.62 bits per heavy atom. The largest absolute Gasteiger partial charge is 0.395 e. The van der Waals surface area contributed by atoms with Crippen LogP contribution in [0.2, 0.25) is 0 Å². The molecule has 1 aromatic rings. The minimum absolute atomic E-state index is 0.200. The van der Waals surface area contributed by atoms with E-state index in [9.17, 15) is 12.8 Å². The summed E-state index contributed by atoms with van der Waals surface area (Å²) >= 11 is 0. The molecule has 1 rings (SSSR count). The van der Waals surface area contributed by atoms with Gasteiger partial charge in [-0.2, -0.15) is 0 Å². The molecule has 0 fully saturated rings. The molecular formula is C10H14FNO3S. The van der Waals surface area contributed by atoms with E-state index in [1.807, 2.05) is 0 Å². The lowest BCUT2D eigenvalue weighted by molar-refractivity contribution is 0.319. The molecule has 0 radical (unpaired) electrons. The maximum absolute atomic E-state index is 13.0. The Morgan fingerprint density at radius 1 is 1.44 bits per heavy atom. The molecule has 1 aromatic carbocycles. The SMILES string of the molecule is CCN(c1cccc(F)c1)S(=O)(=O)CCO. The van der Waals surface area contributed by atoms with Gasteiger partial charge in [0.25, 0.3) is 0 Å². The van der Waals surface area contributed by atoms with Gasteiger partial charge < -0.3 is 5.11 Å². The number of anilines is 1. The molecule has 0 amide bonds. The van der Waals surface area contributed by atoms with Crippen LogP contribution in [0.25, 0.3) is 0 Å². The summed E-state index contributed by atoms with van der Waals surface area (Å²) in [6.45, 7) is 1.40. The van der Waals surface area contributed by atoms with Gasteiger partial charge in [0.05, 0.1) is 18.0 Å². The van der Waals surface area contributed by atoms with Crippen molar-refractivity contribution in [1.82, 2.24) is 0 Å². The van der Waals surface area contributed by atoms with E-state index >= 15 is 0 Å². The Bertz CT molecular complexity index is 447. The van der Waals surface area contributed by atoms with Crippen molar-refractivity contribution in [2.75, 3.05) is 23.2 Å². The van der Waals surface area contributed by atoms with Crippen LogP contribution in [0.4, 0.5) is 10.1 Å². The first-order valence-corrected chi connectivity index (χ1v) is 6.49.